The van der Waals surface area contributed by atoms with Gasteiger partial charge in [-0.2, -0.15) is 0 Å². The fraction of sp³-hybridized carbons (Fsp3) is 0.833. The zero-order chi connectivity index (χ0) is 10.1. The predicted molar refractivity (Wildman–Crippen MR) is 56.6 cm³/mol. The number of hydrogen-bond acceptors (Lipinski definition) is 1. The Morgan fingerprint density at radius 1 is 1.54 bits per heavy atom. The second-order valence-corrected chi connectivity index (χ2v) is 4.48. The lowest BCUT2D eigenvalue weighted by Gasteiger charge is -2.35. The molecule has 0 amide bonds. The lowest BCUT2D eigenvalue weighted by Crippen LogP contribution is -2.40. The van der Waals surface area contributed by atoms with Gasteiger partial charge in [-0.1, -0.05) is 45.3 Å². The standard InChI is InChI=1S/C12H22O/c1-5-11(6-2)12(13)8-9(3)7-10(12)4/h7,10-11,13H,5-6,8H2,1-4H3. The van der Waals surface area contributed by atoms with Crippen LogP contribution in [0.1, 0.15) is 47.0 Å². The summed E-state index contributed by atoms with van der Waals surface area (Å²) in [5.41, 5.74) is 0.898. The minimum absolute atomic E-state index is 0.331. The maximum atomic E-state index is 10.5. The SMILES string of the molecule is CCC(CC)C1(O)CC(C)=CC1C. The first-order chi connectivity index (χ1) is 6.04. The molecule has 0 aromatic carbocycles. The minimum atomic E-state index is -0.451. The molecule has 1 aliphatic carbocycles. The van der Waals surface area contributed by atoms with Crippen molar-refractivity contribution in [2.45, 2.75) is 52.6 Å². The molecule has 0 aliphatic heterocycles. The predicted octanol–water partition coefficient (Wildman–Crippen LogP) is 3.14. The molecule has 1 heteroatoms. The van der Waals surface area contributed by atoms with E-state index in [4.69, 9.17) is 0 Å². The van der Waals surface area contributed by atoms with Crippen molar-refractivity contribution < 1.29 is 5.11 Å². The molecular weight excluding hydrogens is 160 g/mol. The topological polar surface area (TPSA) is 20.2 Å². The summed E-state index contributed by atoms with van der Waals surface area (Å²) in [6.45, 7) is 8.60. The molecule has 0 radical (unpaired) electrons. The molecule has 0 heterocycles. The molecule has 1 N–H and O–H groups in total. The van der Waals surface area contributed by atoms with Crippen molar-refractivity contribution in [2.75, 3.05) is 0 Å². The third-order valence-corrected chi connectivity index (χ3v) is 3.58. The van der Waals surface area contributed by atoms with Crippen LogP contribution >= 0.6 is 0 Å². The Bertz CT molecular complexity index is 203. The van der Waals surface area contributed by atoms with Crippen LogP contribution in [-0.4, -0.2) is 10.7 Å². The van der Waals surface area contributed by atoms with Gasteiger partial charge in [0.15, 0.2) is 0 Å². The highest BCUT2D eigenvalue weighted by Crippen LogP contribution is 2.42. The zero-order valence-corrected chi connectivity index (χ0v) is 9.30. The van der Waals surface area contributed by atoms with Crippen LogP contribution in [0.5, 0.6) is 0 Å². The molecule has 0 aromatic rings. The molecule has 0 saturated carbocycles. The molecule has 0 fully saturated rings. The van der Waals surface area contributed by atoms with Crippen LogP contribution < -0.4 is 0 Å². The van der Waals surface area contributed by atoms with E-state index >= 15 is 0 Å². The van der Waals surface area contributed by atoms with Crippen molar-refractivity contribution in [3.8, 4) is 0 Å². The van der Waals surface area contributed by atoms with Crippen LogP contribution in [0.3, 0.4) is 0 Å². The summed E-state index contributed by atoms with van der Waals surface area (Å²) in [5, 5.41) is 10.5. The van der Waals surface area contributed by atoms with Crippen molar-refractivity contribution in [1.29, 1.82) is 0 Å². The second kappa shape index (κ2) is 3.83. The Morgan fingerprint density at radius 2 is 2.08 bits per heavy atom. The van der Waals surface area contributed by atoms with E-state index in [1.807, 2.05) is 0 Å². The van der Waals surface area contributed by atoms with Gasteiger partial charge in [-0.3, -0.25) is 0 Å². The molecule has 1 rings (SSSR count). The smallest absolute Gasteiger partial charge is 0.0772 e. The molecule has 0 aromatic heterocycles. The van der Waals surface area contributed by atoms with Gasteiger partial charge in [0.1, 0.15) is 0 Å². The van der Waals surface area contributed by atoms with Gasteiger partial charge in [-0.15, -0.1) is 0 Å². The Balaban J connectivity index is 2.78. The molecular formula is C12H22O. The summed E-state index contributed by atoms with van der Waals surface area (Å²) in [6.07, 6.45) is 5.26. The van der Waals surface area contributed by atoms with E-state index in [-0.39, 0.29) is 0 Å². The Morgan fingerprint density at radius 3 is 2.38 bits per heavy atom. The van der Waals surface area contributed by atoms with E-state index in [0.29, 0.717) is 11.8 Å². The molecule has 2 atom stereocenters. The summed E-state index contributed by atoms with van der Waals surface area (Å²) in [7, 11) is 0. The van der Waals surface area contributed by atoms with Crippen LogP contribution in [0.25, 0.3) is 0 Å². The van der Waals surface area contributed by atoms with Crippen molar-refractivity contribution in [3.05, 3.63) is 11.6 Å². The third kappa shape index (κ3) is 1.80. The van der Waals surface area contributed by atoms with Crippen LogP contribution in [0.2, 0.25) is 0 Å². The van der Waals surface area contributed by atoms with E-state index in [9.17, 15) is 5.11 Å². The van der Waals surface area contributed by atoms with Gasteiger partial charge in [-0.05, 0) is 19.3 Å². The van der Waals surface area contributed by atoms with E-state index in [1.54, 1.807) is 0 Å². The maximum Gasteiger partial charge on any atom is 0.0772 e. The van der Waals surface area contributed by atoms with Crippen molar-refractivity contribution in [1.82, 2.24) is 0 Å². The molecule has 13 heavy (non-hydrogen) atoms. The lowest BCUT2D eigenvalue weighted by molar-refractivity contribution is -0.0430. The average molecular weight is 182 g/mol. The average Bonchev–Trinajstić information content (AvgIpc) is 2.29. The number of aliphatic hydroxyl groups is 1. The summed E-state index contributed by atoms with van der Waals surface area (Å²) in [5.74, 6) is 0.786. The van der Waals surface area contributed by atoms with E-state index < -0.39 is 5.60 Å². The van der Waals surface area contributed by atoms with Crippen molar-refractivity contribution >= 4 is 0 Å². The summed E-state index contributed by atoms with van der Waals surface area (Å²) in [6, 6.07) is 0. The molecule has 0 bridgehead atoms. The van der Waals surface area contributed by atoms with Gasteiger partial charge in [0.2, 0.25) is 0 Å². The number of rotatable bonds is 3. The first kappa shape index (κ1) is 10.8. The quantitative estimate of drug-likeness (QED) is 0.665. The van der Waals surface area contributed by atoms with Gasteiger partial charge in [0, 0.05) is 5.92 Å². The van der Waals surface area contributed by atoms with Gasteiger partial charge in [-0.25, -0.2) is 0 Å². The number of hydrogen-bond donors (Lipinski definition) is 1. The highest BCUT2D eigenvalue weighted by molar-refractivity contribution is 5.18. The fourth-order valence-corrected chi connectivity index (χ4v) is 2.75. The normalized spacial score (nSPS) is 34.0. The van der Waals surface area contributed by atoms with E-state index in [0.717, 1.165) is 19.3 Å². The lowest BCUT2D eigenvalue weighted by atomic mass is 9.76. The first-order valence-corrected chi connectivity index (χ1v) is 5.44. The first-order valence-electron chi connectivity index (χ1n) is 5.44. The molecule has 2 unspecified atom stereocenters. The molecule has 76 valence electrons. The highest BCUT2D eigenvalue weighted by atomic mass is 16.3. The van der Waals surface area contributed by atoms with Crippen molar-refractivity contribution in [3.63, 3.8) is 0 Å². The second-order valence-electron chi connectivity index (χ2n) is 4.48. The van der Waals surface area contributed by atoms with Gasteiger partial charge < -0.3 is 5.11 Å². The molecule has 1 nitrogen and oxygen atoms in total. The summed E-state index contributed by atoms with van der Waals surface area (Å²) >= 11 is 0. The van der Waals surface area contributed by atoms with E-state index in [1.165, 1.54) is 5.57 Å². The maximum absolute atomic E-state index is 10.5. The van der Waals surface area contributed by atoms with Gasteiger partial charge >= 0.3 is 0 Å². The fourth-order valence-electron chi connectivity index (χ4n) is 2.75. The monoisotopic (exact) mass is 182 g/mol. The largest absolute Gasteiger partial charge is 0.389 e. The Kier molecular flexibility index (Phi) is 3.18. The molecule has 1 aliphatic rings. The molecule has 0 spiro atoms. The van der Waals surface area contributed by atoms with Crippen LogP contribution in [0.4, 0.5) is 0 Å². The molecule has 0 saturated heterocycles. The van der Waals surface area contributed by atoms with Gasteiger partial charge in [0.05, 0.1) is 5.60 Å². The third-order valence-electron chi connectivity index (χ3n) is 3.58. The van der Waals surface area contributed by atoms with Crippen LogP contribution in [0.15, 0.2) is 11.6 Å². The summed E-state index contributed by atoms with van der Waals surface area (Å²) < 4.78 is 0. The van der Waals surface area contributed by atoms with Gasteiger partial charge in [0.25, 0.3) is 0 Å². The van der Waals surface area contributed by atoms with Crippen LogP contribution in [0, 0.1) is 11.8 Å². The van der Waals surface area contributed by atoms with E-state index in [2.05, 4.69) is 33.8 Å². The highest BCUT2D eigenvalue weighted by Gasteiger charge is 2.42. The Hall–Kier alpha value is -0.300. The zero-order valence-electron chi connectivity index (χ0n) is 9.30. The van der Waals surface area contributed by atoms with Crippen molar-refractivity contribution in [2.24, 2.45) is 11.8 Å². The Labute approximate surface area is 81.9 Å². The minimum Gasteiger partial charge on any atom is -0.389 e. The van der Waals surface area contributed by atoms with Crippen LogP contribution in [-0.2, 0) is 0 Å². The summed E-state index contributed by atoms with van der Waals surface area (Å²) in [4.78, 5) is 0.